The Morgan fingerprint density at radius 2 is 1.68 bits per heavy atom. The predicted molar refractivity (Wildman–Crippen MR) is 153 cm³/mol. The van der Waals surface area contributed by atoms with Crippen molar-refractivity contribution in [3.8, 4) is 11.1 Å². The summed E-state index contributed by atoms with van der Waals surface area (Å²) in [4.78, 5) is 48.5. The molecule has 6 rings (SSSR count). The fraction of sp³-hybridized carbons (Fsp3) is 0.267. The zero-order valence-corrected chi connectivity index (χ0v) is 22.2. The Balaban J connectivity index is 1.14. The van der Waals surface area contributed by atoms with Crippen LogP contribution in [0.1, 0.15) is 52.0 Å². The highest BCUT2D eigenvalue weighted by molar-refractivity contribution is 6.24. The van der Waals surface area contributed by atoms with E-state index in [1.807, 2.05) is 43.3 Å². The molecule has 4 aromatic rings. The number of non-ortho nitro benzene ring substituents is 1. The Hall–Kier alpha value is -4.86. The van der Waals surface area contributed by atoms with Gasteiger partial charge in [-0.2, -0.15) is 4.98 Å². The maximum absolute atomic E-state index is 13.4. The van der Waals surface area contributed by atoms with E-state index in [1.165, 1.54) is 12.1 Å². The third-order valence-corrected chi connectivity index (χ3v) is 7.68. The quantitative estimate of drug-likeness (QED) is 0.230. The molecule has 0 unspecified atom stereocenters. The second-order valence-electron chi connectivity index (χ2n) is 10.5. The Labute approximate surface area is 230 Å². The zero-order valence-electron chi connectivity index (χ0n) is 22.2. The van der Waals surface area contributed by atoms with Crippen LogP contribution in [0.25, 0.3) is 22.0 Å². The lowest BCUT2D eigenvalue weighted by atomic mass is 9.90. The molecule has 2 aliphatic carbocycles. The second kappa shape index (κ2) is 10.0. The molecule has 1 aromatic heterocycles. The molecule has 40 heavy (non-hydrogen) atoms. The minimum absolute atomic E-state index is 0.00954. The number of carbonyl (C=O) groups is 2. The van der Waals surface area contributed by atoms with E-state index >= 15 is 0 Å². The smallest absolute Gasteiger partial charge is 0.270 e. The molecule has 0 atom stereocenters. The Morgan fingerprint density at radius 3 is 2.42 bits per heavy atom. The first-order chi connectivity index (χ1) is 19.3. The summed E-state index contributed by atoms with van der Waals surface area (Å²) in [6.07, 6.45) is 3.26. The lowest BCUT2D eigenvalue weighted by Crippen LogP contribution is -2.40. The molecule has 1 saturated carbocycles. The predicted octanol–water partition coefficient (Wildman–Crippen LogP) is 4.97. The van der Waals surface area contributed by atoms with Crippen molar-refractivity contribution in [1.29, 1.82) is 0 Å². The van der Waals surface area contributed by atoms with Gasteiger partial charge in [0.15, 0.2) is 5.78 Å². The molecule has 10 nitrogen and oxygen atoms in total. The summed E-state index contributed by atoms with van der Waals surface area (Å²) in [5.74, 6) is 0.904. The van der Waals surface area contributed by atoms with Crippen molar-refractivity contribution in [3.05, 3.63) is 87.5 Å². The molecule has 0 bridgehead atoms. The van der Waals surface area contributed by atoms with Gasteiger partial charge in [0.05, 0.1) is 10.4 Å². The molecule has 1 heterocycles. The molecule has 0 spiro atoms. The molecule has 2 N–H and O–H groups in total. The number of nitrogens with zero attached hydrogens (tertiary/aromatic N) is 4. The summed E-state index contributed by atoms with van der Waals surface area (Å²) in [6, 6.07) is 17.4. The molecule has 10 heteroatoms. The van der Waals surface area contributed by atoms with Crippen LogP contribution in [-0.2, 0) is 0 Å². The number of para-hydroxylation sites is 1. The third-order valence-electron chi connectivity index (χ3n) is 7.68. The van der Waals surface area contributed by atoms with Crippen molar-refractivity contribution in [2.45, 2.75) is 37.8 Å². The van der Waals surface area contributed by atoms with Crippen molar-refractivity contribution >= 4 is 40.0 Å². The van der Waals surface area contributed by atoms with Crippen molar-refractivity contribution < 1.29 is 14.5 Å². The van der Waals surface area contributed by atoms with Crippen LogP contribution in [0.15, 0.2) is 60.7 Å². The van der Waals surface area contributed by atoms with Crippen LogP contribution in [0.5, 0.6) is 0 Å². The van der Waals surface area contributed by atoms with E-state index in [0.29, 0.717) is 28.2 Å². The highest BCUT2D eigenvalue weighted by atomic mass is 16.6. The number of fused-ring (bicyclic) bond motifs is 4. The minimum atomic E-state index is -0.525. The molecular weight excluding hydrogens is 508 g/mol. The number of rotatable bonds is 6. The molecular formula is C30H28N6O4. The number of hydrogen-bond donors (Lipinski definition) is 2. The van der Waals surface area contributed by atoms with E-state index in [1.54, 1.807) is 24.3 Å². The lowest BCUT2D eigenvalue weighted by molar-refractivity contribution is -0.384. The SMILES string of the molecule is CN(C)c1nc(N[C@H]2CC[C@@H](NC(=O)c3cccc4c3-c3ccc([N+](=O)[O-])cc3C4=O)CC2)nc2ccccc12. The van der Waals surface area contributed by atoms with Gasteiger partial charge in [-0.05, 0) is 55.5 Å². The number of nitro benzene ring substituents is 1. The number of carbonyl (C=O) groups excluding carboxylic acids is 2. The van der Waals surface area contributed by atoms with Gasteiger partial charge in [-0.1, -0.05) is 24.3 Å². The first kappa shape index (κ1) is 25.4. The van der Waals surface area contributed by atoms with Crippen molar-refractivity contribution in [3.63, 3.8) is 0 Å². The number of hydrogen-bond acceptors (Lipinski definition) is 8. The van der Waals surface area contributed by atoms with Gasteiger partial charge in [0, 0.05) is 66.0 Å². The van der Waals surface area contributed by atoms with E-state index < -0.39 is 4.92 Å². The van der Waals surface area contributed by atoms with Crippen LogP contribution in [0, 0.1) is 10.1 Å². The van der Waals surface area contributed by atoms with Gasteiger partial charge >= 0.3 is 0 Å². The van der Waals surface area contributed by atoms with E-state index in [-0.39, 0.29) is 35.0 Å². The molecule has 1 amide bonds. The molecule has 0 saturated heterocycles. The summed E-state index contributed by atoms with van der Waals surface area (Å²) in [5, 5.41) is 18.9. The fourth-order valence-corrected chi connectivity index (χ4v) is 5.71. The Bertz CT molecular complexity index is 1680. The minimum Gasteiger partial charge on any atom is -0.362 e. The summed E-state index contributed by atoms with van der Waals surface area (Å²) in [5.41, 5.74) is 2.87. The highest BCUT2D eigenvalue weighted by Gasteiger charge is 2.33. The summed E-state index contributed by atoms with van der Waals surface area (Å²) >= 11 is 0. The number of ketones is 1. The number of anilines is 2. The standard InChI is InChI=1S/C30H28N6O4/c1-35(2)28-21-6-3-4-9-25(21)33-30(34-28)32-18-12-10-17(11-13-18)31-29(38)23-8-5-7-22-26(23)20-15-14-19(36(39)40)16-24(20)27(22)37/h3-9,14-18H,10-13H2,1-2H3,(H,31,38)(H,32,33,34)/t17-,18+. The largest absolute Gasteiger partial charge is 0.362 e. The van der Waals surface area contributed by atoms with Crippen molar-refractivity contribution in [2.75, 3.05) is 24.3 Å². The van der Waals surface area contributed by atoms with E-state index in [4.69, 9.17) is 9.97 Å². The number of nitro groups is 1. The van der Waals surface area contributed by atoms with Gasteiger partial charge in [-0.25, -0.2) is 4.98 Å². The van der Waals surface area contributed by atoms with Crippen LogP contribution < -0.4 is 15.5 Å². The average molecular weight is 537 g/mol. The van der Waals surface area contributed by atoms with Crippen molar-refractivity contribution in [1.82, 2.24) is 15.3 Å². The lowest BCUT2D eigenvalue weighted by Gasteiger charge is -2.30. The number of benzene rings is 3. The first-order valence-electron chi connectivity index (χ1n) is 13.3. The van der Waals surface area contributed by atoms with Gasteiger partial charge in [0.25, 0.3) is 11.6 Å². The molecule has 2 aliphatic rings. The molecule has 0 aliphatic heterocycles. The number of nitrogens with one attached hydrogen (secondary N) is 2. The van der Waals surface area contributed by atoms with E-state index in [0.717, 1.165) is 42.4 Å². The summed E-state index contributed by atoms with van der Waals surface area (Å²) in [6.45, 7) is 0. The van der Waals surface area contributed by atoms with Crippen LogP contribution in [0.4, 0.5) is 17.5 Å². The summed E-state index contributed by atoms with van der Waals surface area (Å²) in [7, 11) is 3.93. The molecule has 3 aromatic carbocycles. The monoisotopic (exact) mass is 536 g/mol. The maximum atomic E-state index is 13.4. The zero-order chi connectivity index (χ0) is 28.0. The van der Waals surface area contributed by atoms with Crippen LogP contribution in [0.2, 0.25) is 0 Å². The van der Waals surface area contributed by atoms with E-state index in [2.05, 4.69) is 10.6 Å². The average Bonchev–Trinajstić information content (AvgIpc) is 3.24. The number of aromatic nitrogens is 2. The molecule has 0 radical (unpaired) electrons. The molecule has 1 fully saturated rings. The number of amides is 1. The highest BCUT2D eigenvalue weighted by Crippen LogP contribution is 2.40. The Kier molecular flexibility index (Phi) is 6.37. The molecule has 202 valence electrons. The van der Waals surface area contributed by atoms with Crippen LogP contribution in [0.3, 0.4) is 0 Å². The topological polar surface area (TPSA) is 130 Å². The van der Waals surface area contributed by atoms with Gasteiger partial charge in [0.2, 0.25) is 5.95 Å². The van der Waals surface area contributed by atoms with E-state index in [9.17, 15) is 19.7 Å². The maximum Gasteiger partial charge on any atom is 0.270 e. The van der Waals surface area contributed by atoms with Gasteiger partial charge in [0.1, 0.15) is 5.82 Å². The van der Waals surface area contributed by atoms with Gasteiger partial charge in [-0.15, -0.1) is 0 Å². The van der Waals surface area contributed by atoms with Crippen LogP contribution >= 0.6 is 0 Å². The Morgan fingerprint density at radius 1 is 0.925 bits per heavy atom. The van der Waals surface area contributed by atoms with Gasteiger partial charge in [-0.3, -0.25) is 19.7 Å². The second-order valence-corrected chi connectivity index (χ2v) is 10.5. The van der Waals surface area contributed by atoms with Crippen molar-refractivity contribution in [2.24, 2.45) is 0 Å². The normalized spacial score (nSPS) is 17.7. The van der Waals surface area contributed by atoms with Gasteiger partial charge < -0.3 is 15.5 Å². The summed E-state index contributed by atoms with van der Waals surface area (Å²) < 4.78 is 0. The fourth-order valence-electron chi connectivity index (χ4n) is 5.71. The third kappa shape index (κ3) is 4.51. The van der Waals surface area contributed by atoms with Crippen LogP contribution in [-0.4, -0.2) is 52.8 Å². The first-order valence-corrected chi connectivity index (χ1v) is 13.3.